The van der Waals surface area contributed by atoms with Crippen LogP contribution in [0.15, 0.2) is 12.3 Å². The topological polar surface area (TPSA) is 38.1 Å². The lowest BCUT2D eigenvalue weighted by molar-refractivity contribution is -0.199. The summed E-state index contributed by atoms with van der Waals surface area (Å²) in [6, 6.07) is -0.135. The van der Waals surface area contributed by atoms with Crippen LogP contribution in [0.3, 0.4) is 0 Å². The van der Waals surface area contributed by atoms with Gasteiger partial charge in [-0.05, 0) is 26.3 Å². The molecular weight excluding hydrogens is 247 g/mol. The number of rotatable bonds is 2. The summed E-state index contributed by atoms with van der Waals surface area (Å²) < 4.78 is 39.2. The minimum absolute atomic E-state index is 0.0276. The van der Waals surface area contributed by atoms with Crippen LogP contribution in [0.25, 0.3) is 0 Å². The molecule has 1 aromatic rings. The van der Waals surface area contributed by atoms with Crippen LogP contribution in [0, 0.1) is 0 Å². The highest BCUT2D eigenvalue weighted by Crippen LogP contribution is 2.34. The molecule has 4 nitrogen and oxygen atoms in total. The van der Waals surface area contributed by atoms with E-state index < -0.39 is 18.1 Å². The van der Waals surface area contributed by atoms with Crippen molar-refractivity contribution in [1.82, 2.24) is 14.7 Å². The minimum Gasteiger partial charge on any atom is -0.325 e. The van der Waals surface area contributed by atoms with Crippen LogP contribution in [0.4, 0.5) is 13.2 Å². The van der Waals surface area contributed by atoms with E-state index >= 15 is 0 Å². The predicted molar refractivity (Wildman–Crippen MR) is 58.1 cm³/mol. The third-order valence-electron chi connectivity index (χ3n) is 3.01. The number of carbonyl (C=O) groups is 1. The SMILES string of the molecule is CC(C)n1ccc(C(=O)N2CCC2C(F)(F)F)n1. The molecule has 0 spiro atoms. The molecule has 1 aromatic heterocycles. The van der Waals surface area contributed by atoms with Gasteiger partial charge in [0, 0.05) is 18.8 Å². The molecule has 1 aliphatic rings. The Bertz CT molecular complexity index is 453. The van der Waals surface area contributed by atoms with Gasteiger partial charge in [-0.15, -0.1) is 0 Å². The lowest BCUT2D eigenvalue weighted by Crippen LogP contribution is -2.58. The van der Waals surface area contributed by atoms with E-state index in [0.717, 1.165) is 4.90 Å². The number of alkyl halides is 3. The molecule has 7 heteroatoms. The van der Waals surface area contributed by atoms with Gasteiger partial charge in [-0.3, -0.25) is 9.48 Å². The van der Waals surface area contributed by atoms with Crippen LogP contribution in [0.1, 0.15) is 36.8 Å². The molecule has 18 heavy (non-hydrogen) atoms. The zero-order valence-corrected chi connectivity index (χ0v) is 10.1. The fraction of sp³-hybridized carbons (Fsp3) is 0.636. The van der Waals surface area contributed by atoms with Crippen molar-refractivity contribution in [2.24, 2.45) is 0 Å². The fourth-order valence-corrected chi connectivity index (χ4v) is 1.86. The Balaban J connectivity index is 2.12. The third-order valence-corrected chi connectivity index (χ3v) is 3.01. The van der Waals surface area contributed by atoms with Crippen LogP contribution in [0.2, 0.25) is 0 Å². The highest BCUT2D eigenvalue weighted by molar-refractivity contribution is 5.93. The molecule has 1 amide bonds. The minimum atomic E-state index is -4.35. The van der Waals surface area contributed by atoms with Crippen LogP contribution < -0.4 is 0 Å². The molecule has 1 aliphatic heterocycles. The summed E-state index contributed by atoms with van der Waals surface area (Å²) in [4.78, 5) is 12.7. The molecule has 1 fully saturated rings. The first-order valence-corrected chi connectivity index (χ1v) is 5.73. The highest BCUT2D eigenvalue weighted by Gasteiger charge is 2.51. The van der Waals surface area contributed by atoms with E-state index in [1.54, 1.807) is 10.9 Å². The Kier molecular flexibility index (Phi) is 3.08. The van der Waals surface area contributed by atoms with Crippen molar-refractivity contribution >= 4 is 5.91 Å². The van der Waals surface area contributed by atoms with Gasteiger partial charge < -0.3 is 4.90 Å². The number of halogens is 3. The van der Waals surface area contributed by atoms with Crippen molar-refractivity contribution in [3.8, 4) is 0 Å². The van der Waals surface area contributed by atoms with Crippen molar-refractivity contribution in [2.75, 3.05) is 6.54 Å². The van der Waals surface area contributed by atoms with Crippen LogP contribution in [0.5, 0.6) is 0 Å². The van der Waals surface area contributed by atoms with Gasteiger partial charge in [-0.25, -0.2) is 0 Å². The highest BCUT2D eigenvalue weighted by atomic mass is 19.4. The monoisotopic (exact) mass is 261 g/mol. The first-order valence-electron chi connectivity index (χ1n) is 5.73. The predicted octanol–water partition coefficient (Wildman–Crippen LogP) is 2.24. The third kappa shape index (κ3) is 2.21. The summed E-state index contributed by atoms with van der Waals surface area (Å²) >= 11 is 0. The van der Waals surface area contributed by atoms with Gasteiger partial charge in [-0.1, -0.05) is 0 Å². The molecule has 1 saturated heterocycles. The van der Waals surface area contributed by atoms with Crippen molar-refractivity contribution < 1.29 is 18.0 Å². The zero-order chi connectivity index (χ0) is 13.5. The molecule has 0 aliphatic carbocycles. The van der Waals surface area contributed by atoms with E-state index in [9.17, 15) is 18.0 Å². The first kappa shape index (κ1) is 12.9. The van der Waals surface area contributed by atoms with Crippen LogP contribution in [-0.4, -0.2) is 39.4 Å². The van der Waals surface area contributed by atoms with Crippen LogP contribution in [-0.2, 0) is 0 Å². The molecule has 1 unspecified atom stereocenters. The number of hydrogen-bond acceptors (Lipinski definition) is 2. The number of likely N-dealkylation sites (tertiary alicyclic amines) is 1. The number of carbonyl (C=O) groups excluding carboxylic acids is 1. The maximum Gasteiger partial charge on any atom is 0.408 e. The second-order valence-electron chi connectivity index (χ2n) is 4.62. The molecule has 2 rings (SSSR count). The van der Waals surface area contributed by atoms with Gasteiger partial charge in [-0.2, -0.15) is 18.3 Å². The van der Waals surface area contributed by atoms with Crippen LogP contribution >= 0.6 is 0 Å². The largest absolute Gasteiger partial charge is 0.408 e. The molecule has 0 bridgehead atoms. The van der Waals surface area contributed by atoms with E-state index in [1.807, 2.05) is 13.8 Å². The van der Waals surface area contributed by atoms with Gasteiger partial charge in [0.05, 0.1) is 0 Å². The Morgan fingerprint density at radius 3 is 2.56 bits per heavy atom. The molecule has 0 saturated carbocycles. The van der Waals surface area contributed by atoms with E-state index in [2.05, 4.69) is 5.10 Å². The molecule has 100 valence electrons. The second-order valence-corrected chi connectivity index (χ2v) is 4.62. The summed E-state index contributed by atoms with van der Waals surface area (Å²) in [5, 5.41) is 3.99. The van der Waals surface area contributed by atoms with Gasteiger partial charge in [0.2, 0.25) is 0 Å². The summed E-state index contributed by atoms with van der Waals surface area (Å²) in [5.74, 6) is -0.650. The average Bonchev–Trinajstić information content (AvgIpc) is 2.60. The number of hydrogen-bond donors (Lipinski definition) is 0. The maximum atomic E-state index is 12.5. The van der Waals surface area contributed by atoms with E-state index in [0.29, 0.717) is 0 Å². The summed E-state index contributed by atoms with van der Waals surface area (Å²) in [5.41, 5.74) is 0.0673. The lowest BCUT2D eigenvalue weighted by Gasteiger charge is -2.41. The summed E-state index contributed by atoms with van der Waals surface area (Å²) in [7, 11) is 0. The first-order chi connectivity index (χ1) is 8.30. The lowest BCUT2D eigenvalue weighted by atomic mass is 10.0. The quantitative estimate of drug-likeness (QED) is 0.818. The molecule has 0 radical (unpaired) electrons. The smallest absolute Gasteiger partial charge is 0.325 e. The van der Waals surface area contributed by atoms with Crippen molar-refractivity contribution in [3.63, 3.8) is 0 Å². The van der Waals surface area contributed by atoms with E-state index in [4.69, 9.17) is 0 Å². The Hall–Kier alpha value is -1.53. The number of nitrogens with zero attached hydrogens (tertiary/aromatic N) is 3. The van der Waals surface area contributed by atoms with Gasteiger partial charge in [0.15, 0.2) is 0 Å². The van der Waals surface area contributed by atoms with Gasteiger partial charge >= 0.3 is 6.18 Å². The van der Waals surface area contributed by atoms with Gasteiger partial charge in [0.1, 0.15) is 11.7 Å². The van der Waals surface area contributed by atoms with E-state index in [-0.39, 0.29) is 24.7 Å². The fourth-order valence-electron chi connectivity index (χ4n) is 1.86. The van der Waals surface area contributed by atoms with E-state index in [1.165, 1.54) is 6.07 Å². The number of amides is 1. The Morgan fingerprint density at radius 2 is 2.17 bits per heavy atom. The zero-order valence-electron chi connectivity index (χ0n) is 10.1. The summed E-state index contributed by atoms with van der Waals surface area (Å²) in [6.07, 6.45) is -2.78. The Labute approximate surface area is 102 Å². The normalized spacial score (nSPS) is 20.1. The van der Waals surface area contributed by atoms with Crippen molar-refractivity contribution in [2.45, 2.75) is 38.5 Å². The van der Waals surface area contributed by atoms with Crippen molar-refractivity contribution in [3.05, 3.63) is 18.0 Å². The maximum absolute atomic E-state index is 12.5. The molecule has 0 N–H and O–H groups in total. The van der Waals surface area contributed by atoms with Crippen molar-refractivity contribution in [1.29, 1.82) is 0 Å². The second kappa shape index (κ2) is 4.29. The molecular formula is C11H14F3N3O. The summed E-state index contributed by atoms with van der Waals surface area (Å²) in [6.45, 7) is 3.89. The molecule has 0 aromatic carbocycles. The molecule has 1 atom stereocenters. The van der Waals surface area contributed by atoms with Gasteiger partial charge in [0.25, 0.3) is 5.91 Å². The Morgan fingerprint density at radius 1 is 1.50 bits per heavy atom. The standard InChI is InChI=1S/C11H14F3N3O/c1-7(2)17-6-3-8(15-17)10(18)16-5-4-9(16)11(12,13)14/h3,6-7,9H,4-5H2,1-2H3. The molecule has 2 heterocycles. The average molecular weight is 261 g/mol. The number of aromatic nitrogens is 2.